The molecule has 0 bridgehead atoms. The number of hydrogen-bond donors (Lipinski definition) is 1. The summed E-state index contributed by atoms with van der Waals surface area (Å²) in [4.78, 5) is 11.4. The third-order valence-electron chi connectivity index (χ3n) is 4.28. The molecule has 0 unspecified atom stereocenters. The minimum atomic E-state index is -1.02. The van der Waals surface area contributed by atoms with Crippen LogP contribution in [-0.4, -0.2) is 26.1 Å². The molecule has 1 fully saturated rings. The summed E-state index contributed by atoms with van der Waals surface area (Å²) in [6.07, 6.45) is 4.37. The molecule has 0 aliphatic heterocycles. The Kier molecular flexibility index (Phi) is 3.73. The van der Waals surface area contributed by atoms with Gasteiger partial charge in [0.15, 0.2) is 5.69 Å². The lowest BCUT2D eigenvalue weighted by Crippen LogP contribution is -2.19. The lowest BCUT2D eigenvalue weighted by atomic mass is 9.87. The van der Waals surface area contributed by atoms with E-state index in [1.54, 1.807) is 0 Å². The second kappa shape index (κ2) is 5.68. The molecule has 3 rings (SSSR count). The van der Waals surface area contributed by atoms with Crippen molar-refractivity contribution in [1.82, 2.24) is 15.0 Å². The van der Waals surface area contributed by atoms with Crippen LogP contribution in [0.2, 0.25) is 0 Å². The van der Waals surface area contributed by atoms with Crippen LogP contribution in [0, 0.1) is 5.92 Å². The monoisotopic (exact) mass is 285 g/mol. The van der Waals surface area contributed by atoms with Crippen molar-refractivity contribution in [1.29, 1.82) is 0 Å². The molecule has 1 heterocycles. The van der Waals surface area contributed by atoms with Gasteiger partial charge < -0.3 is 5.11 Å². The highest BCUT2D eigenvalue weighted by Crippen LogP contribution is 2.35. The molecule has 5 nitrogen and oxygen atoms in total. The van der Waals surface area contributed by atoms with E-state index in [0.717, 1.165) is 37.2 Å². The Morgan fingerprint density at radius 1 is 1.19 bits per heavy atom. The number of carboxylic acids is 1. The van der Waals surface area contributed by atoms with Crippen molar-refractivity contribution in [3.63, 3.8) is 0 Å². The third-order valence-corrected chi connectivity index (χ3v) is 4.28. The average molecular weight is 285 g/mol. The molecule has 0 atom stereocenters. The van der Waals surface area contributed by atoms with E-state index in [2.05, 4.69) is 17.2 Å². The molecule has 1 aliphatic carbocycles. The molecular formula is C16H19N3O2. The lowest BCUT2D eigenvalue weighted by molar-refractivity contribution is 0.0691. The van der Waals surface area contributed by atoms with E-state index in [1.165, 1.54) is 0 Å². The molecule has 0 amide bonds. The summed E-state index contributed by atoms with van der Waals surface area (Å²) in [5.74, 6) is -0.284. The van der Waals surface area contributed by atoms with E-state index in [4.69, 9.17) is 0 Å². The van der Waals surface area contributed by atoms with Crippen molar-refractivity contribution in [3.8, 4) is 11.3 Å². The maximum Gasteiger partial charge on any atom is 0.358 e. The molecule has 1 aromatic carbocycles. The van der Waals surface area contributed by atoms with Crippen LogP contribution in [0.4, 0.5) is 0 Å². The highest BCUT2D eigenvalue weighted by Gasteiger charge is 2.27. The van der Waals surface area contributed by atoms with E-state index >= 15 is 0 Å². The summed E-state index contributed by atoms with van der Waals surface area (Å²) in [5, 5.41) is 17.4. The molecule has 0 spiro atoms. The van der Waals surface area contributed by atoms with Crippen LogP contribution < -0.4 is 0 Å². The first-order chi connectivity index (χ1) is 10.2. The first kappa shape index (κ1) is 13.8. The quantitative estimate of drug-likeness (QED) is 0.938. The molecule has 5 heteroatoms. The Bertz CT molecular complexity index is 628. The van der Waals surface area contributed by atoms with Gasteiger partial charge in [0.2, 0.25) is 0 Å². The highest BCUT2D eigenvalue weighted by atomic mass is 16.4. The van der Waals surface area contributed by atoms with Crippen LogP contribution in [0.5, 0.6) is 0 Å². The van der Waals surface area contributed by atoms with Gasteiger partial charge in [0.05, 0.1) is 6.04 Å². The molecule has 110 valence electrons. The molecule has 1 aliphatic rings. The number of rotatable bonds is 3. The summed E-state index contributed by atoms with van der Waals surface area (Å²) in [5.41, 5.74) is 1.53. The van der Waals surface area contributed by atoms with Crippen molar-refractivity contribution in [3.05, 3.63) is 36.0 Å². The van der Waals surface area contributed by atoms with Crippen LogP contribution in [0.25, 0.3) is 11.3 Å². The summed E-state index contributed by atoms with van der Waals surface area (Å²) < 4.78 is 1.82. The van der Waals surface area contributed by atoms with Crippen molar-refractivity contribution in [2.24, 2.45) is 5.92 Å². The summed E-state index contributed by atoms with van der Waals surface area (Å²) in [6, 6.07) is 9.79. The predicted octanol–water partition coefficient (Wildman–Crippen LogP) is 3.39. The van der Waals surface area contributed by atoms with Gasteiger partial charge in [-0.25, -0.2) is 9.48 Å². The van der Waals surface area contributed by atoms with Crippen molar-refractivity contribution >= 4 is 5.97 Å². The normalized spacial score (nSPS) is 22.1. The molecule has 1 N–H and O–H groups in total. The second-order valence-corrected chi connectivity index (χ2v) is 5.82. The van der Waals surface area contributed by atoms with Crippen LogP contribution in [0.1, 0.15) is 49.1 Å². The minimum Gasteiger partial charge on any atom is -0.476 e. The largest absolute Gasteiger partial charge is 0.476 e. The molecule has 0 saturated heterocycles. The van der Waals surface area contributed by atoms with Gasteiger partial charge in [0.1, 0.15) is 5.69 Å². The Labute approximate surface area is 123 Å². The smallest absolute Gasteiger partial charge is 0.358 e. The zero-order chi connectivity index (χ0) is 14.8. The zero-order valence-electron chi connectivity index (χ0n) is 12.1. The SMILES string of the molecule is CC1CCC(n2nnc(C(=O)O)c2-c2ccccc2)CC1. The molecule has 1 aromatic heterocycles. The number of aromatic carboxylic acids is 1. The van der Waals surface area contributed by atoms with Gasteiger partial charge in [-0.1, -0.05) is 42.5 Å². The fourth-order valence-electron chi connectivity index (χ4n) is 3.05. The van der Waals surface area contributed by atoms with Gasteiger partial charge in [0.25, 0.3) is 0 Å². The molecule has 21 heavy (non-hydrogen) atoms. The Morgan fingerprint density at radius 2 is 1.86 bits per heavy atom. The number of carboxylic acid groups (broad SMARTS) is 1. The Balaban J connectivity index is 2.03. The van der Waals surface area contributed by atoms with Crippen molar-refractivity contribution in [2.45, 2.75) is 38.6 Å². The lowest BCUT2D eigenvalue weighted by Gasteiger charge is -2.27. The molecule has 2 aromatic rings. The van der Waals surface area contributed by atoms with E-state index in [0.29, 0.717) is 5.69 Å². The van der Waals surface area contributed by atoms with Gasteiger partial charge in [-0.2, -0.15) is 0 Å². The maximum atomic E-state index is 11.4. The highest BCUT2D eigenvalue weighted by molar-refractivity contribution is 5.92. The summed E-state index contributed by atoms with van der Waals surface area (Å²) in [6.45, 7) is 2.26. The topological polar surface area (TPSA) is 68.0 Å². The van der Waals surface area contributed by atoms with Gasteiger partial charge in [0, 0.05) is 5.56 Å². The number of nitrogens with zero attached hydrogens (tertiary/aromatic N) is 3. The van der Waals surface area contributed by atoms with E-state index in [9.17, 15) is 9.90 Å². The third kappa shape index (κ3) is 2.68. The van der Waals surface area contributed by atoms with Gasteiger partial charge >= 0.3 is 5.97 Å². The van der Waals surface area contributed by atoms with Crippen LogP contribution in [0.3, 0.4) is 0 Å². The standard InChI is InChI=1S/C16H19N3O2/c1-11-7-9-13(10-8-11)19-15(12-5-3-2-4-6-12)14(16(20)21)17-18-19/h2-6,11,13H,7-10H2,1H3,(H,20,21). The number of hydrogen-bond acceptors (Lipinski definition) is 3. The van der Waals surface area contributed by atoms with E-state index < -0.39 is 5.97 Å². The van der Waals surface area contributed by atoms with Crippen molar-refractivity contribution in [2.75, 3.05) is 0 Å². The van der Waals surface area contributed by atoms with Gasteiger partial charge in [-0.3, -0.25) is 0 Å². The first-order valence-electron chi connectivity index (χ1n) is 7.40. The van der Waals surface area contributed by atoms with Crippen molar-refractivity contribution < 1.29 is 9.90 Å². The minimum absolute atomic E-state index is 0.0415. The maximum absolute atomic E-state index is 11.4. The van der Waals surface area contributed by atoms with E-state index in [1.807, 2.05) is 35.0 Å². The number of aromatic nitrogens is 3. The van der Waals surface area contributed by atoms with E-state index in [-0.39, 0.29) is 11.7 Å². The zero-order valence-corrected chi connectivity index (χ0v) is 12.1. The summed E-state index contributed by atoms with van der Waals surface area (Å²) in [7, 11) is 0. The Hall–Kier alpha value is -2.17. The molecule has 1 saturated carbocycles. The number of benzene rings is 1. The summed E-state index contributed by atoms with van der Waals surface area (Å²) >= 11 is 0. The first-order valence-corrected chi connectivity index (χ1v) is 7.40. The predicted molar refractivity (Wildman–Crippen MR) is 79.1 cm³/mol. The fraction of sp³-hybridized carbons (Fsp3) is 0.438. The second-order valence-electron chi connectivity index (χ2n) is 5.82. The average Bonchev–Trinajstić information content (AvgIpc) is 2.94. The Morgan fingerprint density at radius 3 is 2.48 bits per heavy atom. The number of carbonyl (C=O) groups is 1. The molecule has 0 radical (unpaired) electrons. The molecular weight excluding hydrogens is 266 g/mol. The van der Waals surface area contributed by atoms with Crippen LogP contribution >= 0.6 is 0 Å². The van der Waals surface area contributed by atoms with Gasteiger partial charge in [-0.05, 0) is 31.6 Å². The van der Waals surface area contributed by atoms with Gasteiger partial charge in [-0.15, -0.1) is 5.10 Å². The van der Waals surface area contributed by atoms with Crippen LogP contribution in [0.15, 0.2) is 30.3 Å². The fourth-order valence-corrected chi connectivity index (χ4v) is 3.05. The van der Waals surface area contributed by atoms with Crippen LogP contribution in [-0.2, 0) is 0 Å².